The number of phenols is 1. The fraction of sp³-hybridized carbons (Fsp3) is 0.400. The molecule has 4 atom stereocenters. The molecule has 1 aliphatic heterocycles. The number of likely N-dealkylation sites (tertiary alicyclic amines) is 1. The Labute approximate surface area is 217 Å². The van der Waals surface area contributed by atoms with Gasteiger partial charge in [-0.15, -0.1) is 0 Å². The van der Waals surface area contributed by atoms with E-state index in [-0.39, 0.29) is 37.2 Å². The van der Waals surface area contributed by atoms with Gasteiger partial charge in [-0.3, -0.25) is 14.5 Å². The monoisotopic (exact) mass is 505 g/mol. The van der Waals surface area contributed by atoms with Gasteiger partial charge in [0, 0.05) is 12.5 Å². The van der Waals surface area contributed by atoms with Gasteiger partial charge >= 0.3 is 0 Å². The third-order valence-corrected chi connectivity index (χ3v) is 7.51. The minimum atomic E-state index is -1.00. The molecular formula is C30H35NO6. The summed E-state index contributed by atoms with van der Waals surface area (Å²) in [6.45, 7) is 1.50. The first-order chi connectivity index (χ1) is 17.9. The zero-order valence-electron chi connectivity index (χ0n) is 21.1. The first-order valence-electron chi connectivity index (χ1n) is 12.9. The van der Waals surface area contributed by atoms with Crippen LogP contribution in [-0.2, 0) is 9.59 Å². The maximum atomic E-state index is 13.2. The highest BCUT2D eigenvalue weighted by Gasteiger charge is 2.54. The highest BCUT2D eigenvalue weighted by molar-refractivity contribution is 6.05. The molecule has 196 valence electrons. The van der Waals surface area contributed by atoms with Crippen molar-refractivity contribution in [2.24, 2.45) is 17.8 Å². The number of hydrogen-bond donors (Lipinski definition) is 4. The Morgan fingerprint density at radius 2 is 1.84 bits per heavy atom. The van der Waals surface area contributed by atoms with E-state index in [1.807, 2.05) is 49.4 Å². The fourth-order valence-corrected chi connectivity index (χ4v) is 5.83. The van der Waals surface area contributed by atoms with Crippen LogP contribution in [0.3, 0.4) is 0 Å². The van der Waals surface area contributed by atoms with E-state index in [9.17, 15) is 30.0 Å². The quantitative estimate of drug-likeness (QED) is 0.223. The summed E-state index contributed by atoms with van der Waals surface area (Å²) in [6.07, 6.45) is 2.59. The lowest BCUT2D eigenvalue weighted by Gasteiger charge is -2.36. The molecule has 2 amide bonds. The van der Waals surface area contributed by atoms with Crippen LogP contribution in [0.5, 0.6) is 5.75 Å². The number of nitrogens with zero attached hydrogens (tertiary/aromatic N) is 1. The molecule has 1 fully saturated rings. The number of phenolic OH excluding ortho intramolecular Hbond substituents is 1. The molecule has 4 N–H and O–H groups in total. The van der Waals surface area contributed by atoms with Crippen molar-refractivity contribution in [1.29, 1.82) is 0 Å². The van der Waals surface area contributed by atoms with Crippen LogP contribution in [0, 0.1) is 17.8 Å². The van der Waals surface area contributed by atoms with Gasteiger partial charge in [-0.2, -0.15) is 0 Å². The van der Waals surface area contributed by atoms with Gasteiger partial charge in [-0.25, -0.2) is 0 Å². The van der Waals surface area contributed by atoms with Gasteiger partial charge in [-0.1, -0.05) is 55.5 Å². The molecule has 0 aromatic heterocycles. The summed E-state index contributed by atoms with van der Waals surface area (Å²) in [7, 11) is 0. The van der Waals surface area contributed by atoms with Gasteiger partial charge in [0.2, 0.25) is 11.8 Å². The molecule has 1 heterocycles. The number of benzene rings is 2. The topological polar surface area (TPSA) is 118 Å². The lowest BCUT2D eigenvalue weighted by atomic mass is 9.68. The highest BCUT2D eigenvalue weighted by atomic mass is 16.3. The number of allylic oxidation sites excluding steroid dienone is 1. The van der Waals surface area contributed by atoms with Gasteiger partial charge < -0.3 is 20.4 Å². The summed E-state index contributed by atoms with van der Waals surface area (Å²) in [6, 6.07) is 16.7. The lowest BCUT2D eigenvalue weighted by Crippen LogP contribution is -2.39. The number of hydrogen-bond acceptors (Lipinski definition) is 6. The van der Waals surface area contributed by atoms with Crippen molar-refractivity contribution in [1.82, 2.24) is 4.90 Å². The lowest BCUT2D eigenvalue weighted by molar-refractivity contribution is -0.140. The summed E-state index contributed by atoms with van der Waals surface area (Å²) < 4.78 is 0. The zero-order valence-corrected chi connectivity index (χ0v) is 21.1. The van der Waals surface area contributed by atoms with Gasteiger partial charge in [0.1, 0.15) is 5.75 Å². The second-order valence-electron chi connectivity index (χ2n) is 9.86. The van der Waals surface area contributed by atoms with E-state index >= 15 is 0 Å². The summed E-state index contributed by atoms with van der Waals surface area (Å²) in [5.41, 5.74) is 3.76. The number of aliphatic hydroxyl groups is 3. The van der Waals surface area contributed by atoms with Gasteiger partial charge in [0.15, 0.2) is 0 Å². The molecule has 0 unspecified atom stereocenters. The maximum absolute atomic E-state index is 13.2. The van der Waals surface area contributed by atoms with Crippen LogP contribution in [0.25, 0.3) is 11.6 Å². The molecule has 2 aliphatic rings. The first kappa shape index (κ1) is 26.8. The summed E-state index contributed by atoms with van der Waals surface area (Å²) in [5, 5.41) is 41.7. The Hall–Kier alpha value is -3.26. The van der Waals surface area contributed by atoms with Crippen LogP contribution in [0.1, 0.15) is 43.7 Å². The Balaban J connectivity index is 1.61. The van der Waals surface area contributed by atoms with Crippen LogP contribution in [0.15, 0.2) is 65.7 Å². The van der Waals surface area contributed by atoms with Crippen molar-refractivity contribution < 1.29 is 30.0 Å². The van der Waals surface area contributed by atoms with Crippen LogP contribution in [0.4, 0.5) is 0 Å². The molecule has 1 aliphatic carbocycles. The zero-order chi connectivity index (χ0) is 26.5. The number of rotatable bonds is 10. The molecule has 7 nitrogen and oxygen atoms in total. The van der Waals surface area contributed by atoms with Crippen molar-refractivity contribution in [2.45, 2.75) is 38.7 Å². The van der Waals surface area contributed by atoms with Crippen LogP contribution < -0.4 is 0 Å². The molecule has 2 aromatic carbocycles. The van der Waals surface area contributed by atoms with Crippen molar-refractivity contribution in [3.05, 3.63) is 76.9 Å². The molecule has 2 aromatic rings. The second-order valence-corrected chi connectivity index (χ2v) is 9.86. The number of fused-ring (bicyclic) bond motifs is 1. The molecule has 7 heteroatoms. The van der Waals surface area contributed by atoms with Gasteiger partial charge in [-0.05, 0) is 65.7 Å². The van der Waals surface area contributed by atoms with Crippen molar-refractivity contribution in [3.63, 3.8) is 0 Å². The molecule has 0 radical (unpaired) electrons. The van der Waals surface area contributed by atoms with E-state index in [4.69, 9.17) is 0 Å². The molecule has 0 saturated carbocycles. The van der Waals surface area contributed by atoms with E-state index in [0.717, 1.165) is 16.7 Å². The Bertz CT molecular complexity index is 1190. The standard InChI is InChI=1S/C30H35NO6/c1-2-13-31-29(36)24-16-22(17-32)27(25(18-33)28(24)30(31)37)26(35)12-11-21(20-8-4-3-5-9-20)14-19-7-6-10-23(34)15-19/h3-10,14-15,24-26,28,32-35H,2,11-13,16-18H2,1H3/b21-14-/t24-,25+,26-,28-/m1/s1. The predicted molar refractivity (Wildman–Crippen MR) is 141 cm³/mol. The van der Waals surface area contributed by atoms with E-state index in [0.29, 0.717) is 37.0 Å². The Morgan fingerprint density at radius 1 is 1.08 bits per heavy atom. The molecular weight excluding hydrogens is 470 g/mol. The molecule has 37 heavy (non-hydrogen) atoms. The molecule has 1 saturated heterocycles. The number of imide groups is 1. The smallest absolute Gasteiger partial charge is 0.233 e. The average molecular weight is 506 g/mol. The van der Waals surface area contributed by atoms with E-state index < -0.39 is 23.9 Å². The van der Waals surface area contributed by atoms with Crippen molar-refractivity contribution in [2.75, 3.05) is 19.8 Å². The van der Waals surface area contributed by atoms with Crippen molar-refractivity contribution in [3.8, 4) is 5.75 Å². The molecule has 0 bridgehead atoms. The second kappa shape index (κ2) is 11.9. The first-order valence-corrected chi connectivity index (χ1v) is 12.9. The van der Waals surface area contributed by atoms with Crippen LogP contribution in [-0.4, -0.2) is 63.0 Å². The van der Waals surface area contributed by atoms with Crippen LogP contribution >= 0.6 is 0 Å². The number of carbonyl (C=O) groups excluding carboxylic acids is 2. The normalized spacial score (nSPS) is 23.0. The average Bonchev–Trinajstić information content (AvgIpc) is 3.15. The van der Waals surface area contributed by atoms with E-state index in [2.05, 4.69) is 0 Å². The third-order valence-electron chi connectivity index (χ3n) is 7.51. The largest absolute Gasteiger partial charge is 0.508 e. The van der Waals surface area contributed by atoms with Crippen molar-refractivity contribution >= 4 is 23.5 Å². The summed E-state index contributed by atoms with van der Waals surface area (Å²) in [4.78, 5) is 27.4. The number of aromatic hydroxyl groups is 1. The number of aliphatic hydroxyl groups excluding tert-OH is 3. The summed E-state index contributed by atoms with van der Waals surface area (Å²) >= 11 is 0. The Kier molecular flexibility index (Phi) is 8.59. The molecule has 0 spiro atoms. The third kappa shape index (κ3) is 5.54. The fourth-order valence-electron chi connectivity index (χ4n) is 5.83. The van der Waals surface area contributed by atoms with Gasteiger partial charge in [0.25, 0.3) is 0 Å². The molecule has 4 rings (SSSR count). The van der Waals surface area contributed by atoms with Gasteiger partial charge in [0.05, 0.1) is 31.2 Å². The Morgan fingerprint density at radius 3 is 2.49 bits per heavy atom. The van der Waals surface area contributed by atoms with E-state index in [1.54, 1.807) is 18.2 Å². The number of amides is 2. The summed E-state index contributed by atoms with van der Waals surface area (Å²) in [5.74, 6) is -2.44. The van der Waals surface area contributed by atoms with E-state index in [1.165, 1.54) is 4.90 Å². The number of carbonyl (C=O) groups is 2. The van der Waals surface area contributed by atoms with Crippen LogP contribution in [0.2, 0.25) is 0 Å². The minimum Gasteiger partial charge on any atom is -0.508 e. The SMILES string of the molecule is CCCN1C(=O)[C@@H]2[C@@H](CC(CO)=C([C@H](O)CC/C(=C/c3cccc(O)c3)c3ccccc3)[C@@H]2CO)C1=O. The predicted octanol–water partition coefficient (Wildman–Crippen LogP) is 3.39. The minimum absolute atomic E-state index is 0.161. The maximum Gasteiger partial charge on any atom is 0.233 e. The highest BCUT2D eigenvalue weighted by Crippen LogP contribution is 2.46.